The Bertz CT molecular complexity index is 942. The fraction of sp³-hybridized carbons (Fsp3) is 0.440. The normalized spacial score (nSPS) is 19.4. The molecule has 0 spiro atoms. The van der Waals surface area contributed by atoms with Gasteiger partial charge in [-0.2, -0.15) is 0 Å². The standard InChI is InChI=1S/C25H33BN2O5/c1-17(29)19-8-10-21(11-9-19)20-6-4-18(5-7-20)16-28-23-14-22(15-23)25(27,24(30)31)12-2-3-13-26(32)33/h4-11,22-23,28,32-33H,2-3,12-16,27H2,1H3,(H,30,31)/t22?,23?,25-/m1/s1. The van der Waals surface area contributed by atoms with Gasteiger partial charge in [0, 0.05) is 18.2 Å². The smallest absolute Gasteiger partial charge is 0.451 e. The minimum atomic E-state index is -1.36. The number of carbonyl (C=O) groups excluding carboxylic acids is 1. The predicted octanol–water partition coefficient (Wildman–Crippen LogP) is 2.85. The molecule has 0 radical (unpaired) electrons. The van der Waals surface area contributed by atoms with E-state index in [-0.39, 0.29) is 24.1 Å². The first-order chi connectivity index (χ1) is 15.7. The Hall–Kier alpha value is -2.52. The average molecular weight is 452 g/mol. The molecule has 1 atom stereocenters. The van der Waals surface area contributed by atoms with Crippen molar-refractivity contribution in [1.82, 2.24) is 5.32 Å². The Kier molecular flexibility index (Phi) is 8.43. The highest BCUT2D eigenvalue weighted by Crippen LogP contribution is 2.38. The summed E-state index contributed by atoms with van der Waals surface area (Å²) >= 11 is 0. The van der Waals surface area contributed by atoms with E-state index in [4.69, 9.17) is 15.8 Å². The maximum atomic E-state index is 11.8. The summed E-state index contributed by atoms with van der Waals surface area (Å²) in [7, 11) is -1.36. The molecule has 1 fully saturated rings. The van der Waals surface area contributed by atoms with Crippen LogP contribution < -0.4 is 11.1 Å². The van der Waals surface area contributed by atoms with Gasteiger partial charge in [-0.15, -0.1) is 0 Å². The van der Waals surface area contributed by atoms with Gasteiger partial charge in [-0.25, -0.2) is 0 Å². The summed E-state index contributed by atoms with van der Waals surface area (Å²) in [6.45, 7) is 2.25. The van der Waals surface area contributed by atoms with Crippen molar-refractivity contribution in [2.75, 3.05) is 0 Å². The second kappa shape index (κ2) is 11.1. The second-order valence-corrected chi connectivity index (χ2v) is 9.15. The maximum Gasteiger partial charge on any atom is 0.451 e. The fourth-order valence-electron chi connectivity index (χ4n) is 4.41. The first kappa shape index (κ1) is 25.1. The maximum absolute atomic E-state index is 11.8. The minimum Gasteiger partial charge on any atom is -0.480 e. The second-order valence-electron chi connectivity index (χ2n) is 9.15. The molecule has 0 aliphatic heterocycles. The quantitative estimate of drug-likeness (QED) is 0.190. The number of benzene rings is 2. The third-order valence-corrected chi connectivity index (χ3v) is 6.74. The number of hydrogen-bond acceptors (Lipinski definition) is 6. The molecule has 0 bridgehead atoms. The molecule has 7 nitrogen and oxygen atoms in total. The molecule has 6 N–H and O–H groups in total. The number of rotatable bonds is 12. The average Bonchev–Trinajstić information content (AvgIpc) is 2.76. The number of ketones is 1. The van der Waals surface area contributed by atoms with Crippen molar-refractivity contribution in [3.05, 3.63) is 59.7 Å². The van der Waals surface area contributed by atoms with Crippen molar-refractivity contribution in [2.45, 2.75) is 63.5 Å². The van der Waals surface area contributed by atoms with Crippen LogP contribution in [-0.2, 0) is 11.3 Å². The number of nitrogens with one attached hydrogen (secondary N) is 1. The van der Waals surface area contributed by atoms with E-state index in [1.165, 1.54) is 0 Å². The largest absolute Gasteiger partial charge is 0.480 e. The van der Waals surface area contributed by atoms with Crippen molar-refractivity contribution in [1.29, 1.82) is 0 Å². The van der Waals surface area contributed by atoms with E-state index in [1.807, 2.05) is 24.3 Å². The Morgan fingerprint density at radius 1 is 1.03 bits per heavy atom. The molecule has 2 aromatic rings. The molecule has 3 rings (SSSR count). The van der Waals surface area contributed by atoms with Crippen LogP contribution >= 0.6 is 0 Å². The lowest BCUT2D eigenvalue weighted by molar-refractivity contribution is -0.148. The van der Waals surface area contributed by atoms with Gasteiger partial charge in [0.1, 0.15) is 5.54 Å². The van der Waals surface area contributed by atoms with E-state index in [9.17, 15) is 14.7 Å². The van der Waals surface area contributed by atoms with Crippen molar-refractivity contribution in [3.63, 3.8) is 0 Å². The van der Waals surface area contributed by atoms with Crippen LogP contribution in [0.4, 0.5) is 0 Å². The number of carboxylic acid groups (broad SMARTS) is 1. The van der Waals surface area contributed by atoms with Gasteiger partial charge in [-0.05, 0) is 55.1 Å². The molecule has 176 valence electrons. The molecule has 0 saturated heterocycles. The number of aliphatic carboxylic acids is 1. The van der Waals surface area contributed by atoms with Crippen molar-refractivity contribution in [3.8, 4) is 11.1 Å². The van der Waals surface area contributed by atoms with E-state index in [0.717, 1.165) is 16.7 Å². The van der Waals surface area contributed by atoms with Crippen molar-refractivity contribution in [2.24, 2.45) is 11.7 Å². The predicted molar refractivity (Wildman–Crippen MR) is 129 cm³/mol. The van der Waals surface area contributed by atoms with Gasteiger partial charge < -0.3 is 26.2 Å². The molecule has 1 aliphatic carbocycles. The number of hydrogen-bond donors (Lipinski definition) is 5. The Morgan fingerprint density at radius 2 is 1.61 bits per heavy atom. The highest BCUT2D eigenvalue weighted by Gasteiger charge is 2.48. The summed E-state index contributed by atoms with van der Waals surface area (Å²) in [6.07, 6.45) is 3.08. The Morgan fingerprint density at radius 3 is 2.12 bits per heavy atom. The first-order valence-corrected chi connectivity index (χ1v) is 11.5. The summed E-state index contributed by atoms with van der Waals surface area (Å²) in [5.74, 6) is -1.02. The van der Waals surface area contributed by atoms with Crippen LogP contribution in [0, 0.1) is 5.92 Å². The lowest BCUT2D eigenvalue weighted by Gasteiger charge is -2.45. The summed E-state index contributed by atoms with van der Waals surface area (Å²) in [4.78, 5) is 23.2. The molecule has 0 heterocycles. The van der Waals surface area contributed by atoms with E-state index in [0.29, 0.717) is 44.2 Å². The highest BCUT2D eigenvalue weighted by molar-refractivity contribution is 6.40. The van der Waals surface area contributed by atoms with Crippen molar-refractivity contribution >= 4 is 18.9 Å². The van der Waals surface area contributed by atoms with Crippen LogP contribution in [0.2, 0.25) is 6.32 Å². The third kappa shape index (κ3) is 6.51. The van der Waals surface area contributed by atoms with Gasteiger partial charge in [0.05, 0.1) is 0 Å². The zero-order valence-electron chi connectivity index (χ0n) is 19.0. The summed E-state index contributed by atoms with van der Waals surface area (Å²) in [5, 5.41) is 31.0. The molecule has 1 saturated carbocycles. The van der Waals surface area contributed by atoms with E-state index in [2.05, 4.69) is 29.6 Å². The van der Waals surface area contributed by atoms with Crippen LogP contribution in [0.5, 0.6) is 0 Å². The molecular weight excluding hydrogens is 419 g/mol. The van der Waals surface area contributed by atoms with Gasteiger partial charge in [0.15, 0.2) is 5.78 Å². The first-order valence-electron chi connectivity index (χ1n) is 11.5. The number of carbonyl (C=O) groups is 2. The molecular formula is C25H33BN2O5. The number of Topliss-reactive ketones (excluding diaryl/α,β-unsaturated/α-hetero) is 1. The summed E-state index contributed by atoms with van der Waals surface area (Å²) in [5.41, 5.74) is 8.98. The number of nitrogens with two attached hydrogens (primary N) is 1. The molecule has 33 heavy (non-hydrogen) atoms. The molecule has 0 unspecified atom stereocenters. The summed E-state index contributed by atoms with van der Waals surface area (Å²) < 4.78 is 0. The molecule has 8 heteroatoms. The lowest BCUT2D eigenvalue weighted by Crippen LogP contribution is -2.61. The van der Waals surface area contributed by atoms with E-state index < -0.39 is 18.6 Å². The number of unbranched alkanes of at least 4 members (excludes halogenated alkanes) is 1. The SMILES string of the molecule is CC(=O)c1ccc(-c2ccc(CNC3CC([C@](N)(CCCCB(O)O)C(=O)O)C3)cc2)cc1. The molecule has 1 aliphatic rings. The lowest BCUT2D eigenvalue weighted by atomic mass is 9.66. The van der Waals surface area contributed by atoms with Crippen LogP contribution in [0.3, 0.4) is 0 Å². The molecule has 0 amide bonds. The number of carboxylic acids is 1. The van der Waals surface area contributed by atoms with Crippen molar-refractivity contribution < 1.29 is 24.7 Å². The third-order valence-electron chi connectivity index (χ3n) is 6.74. The Balaban J connectivity index is 1.46. The van der Waals surface area contributed by atoms with Crippen LogP contribution in [0.1, 0.15) is 54.9 Å². The van der Waals surface area contributed by atoms with Crippen LogP contribution in [0.25, 0.3) is 11.1 Å². The van der Waals surface area contributed by atoms with Crippen LogP contribution in [0.15, 0.2) is 48.5 Å². The van der Waals surface area contributed by atoms with Gasteiger partial charge in [0.25, 0.3) is 0 Å². The highest BCUT2D eigenvalue weighted by atomic mass is 16.4. The molecule has 0 aromatic heterocycles. The van der Waals surface area contributed by atoms with Gasteiger partial charge in [-0.1, -0.05) is 61.4 Å². The monoisotopic (exact) mass is 452 g/mol. The Labute approximate surface area is 195 Å². The summed E-state index contributed by atoms with van der Waals surface area (Å²) in [6, 6.07) is 16.1. The van der Waals surface area contributed by atoms with Gasteiger partial charge in [-0.3, -0.25) is 9.59 Å². The van der Waals surface area contributed by atoms with E-state index in [1.54, 1.807) is 6.92 Å². The molecule has 2 aromatic carbocycles. The van der Waals surface area contributed by atoms with Crippen LogP contribution in [-0.4, -0.2) is 45.6 Å². The topological polar surface area (TPSA) is 133 Å². The van der Waals surface area contributed by atoms with E-state index >= 15 is 0 Å². The zero-order chi connectivity index (χ0) is 24.0. The van der Waals surface area contributed by atoms with Gasteiger partial charge >= 0.3 is 13.1 Å². The van der Waals surface area contributed by atoms with Gasteiger partial charge in [0.2, 0.25) is 0 Å². The fourth-order valence-corrected chi connectivity index (χ4v) is 4.41. The minimum absolute atomic E-state index is 0.0537. The zero-order valence-corrected chi connectivity index (χ0v) is 19.0.